The van der Waals surface area contributed by atoms with Gasteiger partial charge >= 0.3 is 5.97 Å². The molecule has 4 nitrogen and oxygen atoms in total. The first-order valence-electron chi connectivity index (χ1n) is 10.4. The van der Waals surface area contributed by atoms with Gasteiger partial charge in [0.15, 0.2) is 0 Å². The van der Waals surface area contributed by atoms with Crippen molar-refractivity contribution in [2.45, 2.75) is 25.2 Å². The first-order chi connectivity index (χ1) is 14.5. The topological polar surface area (TPSA) is 52.1 Å². The van der Waals surface area contributed by atoms with Crippen LogP contribution in [0.2, 0.25) is 0 Å². The molecule has 0 saturated heterocycles. The number of esters is 1. The van der Waals surface area contributed by atoms with Gasteiger partial charge in [-0.05, 0) is 55.4 Å². The Morgan fingerprint density at radius 3 is 2.63 bits per heavy atom. The Balaban J connectivity index is 1.34. The van der Waals surface area contributed by atoms with Gasteiger partial charge in [0, 0.05) is 17.5 Å². The van der Waals surface area contributed by atoms with E-state index in [1.54, 1.807) is 24.4 Å². The molecular weight excluding hydrogens is 386 g/mol. The lowest BCUT2D eigenvalue weighted by Gasteiger charge is -2.35. The van der Waals surface area contributed by atoms with E-state index in [0.717, 1.165) is 6.42 Å². The highest BCUT2D eigenvalue weighted by atomic mass is 19.3. The molecule has 2 aromatic heterocycles. The third-order valence-electron chi connectivity index (χ3n) is 7.50. The Hall–Kier alpha value is -2.89. The number of benzene rings is 1. The van der Waals surface area contributed by atoms with E-state index in [9.17, 15) is 13.6 Å². The molecule has 6 heteroatoms. The summed E-state index contributed by atoms with van der Waals surface area (Å²) in [6.07, 6.45) is 3.64. The summed E-state index contributed by atoms with van der Waals surface area (Å²) in [7, 11) is 0. The summed E-state index contributed by atoms with van der Waals surface area (Å²) < 4.78 is 35.4. The van der Waals surface area contributed by atoms with E-state index in [4.69, 9.17) is 4.74 Å². The van der Waals surface area contributed by atoms with E-state index in [1.165, 1.54) is 0 Å². The number of para-hydroxylation sites is 1. The van der Waals surface area contributed by atoms with Crippen LogP contribution < -0.4 is 0 Å². The molecular formula is C24H20F2N2O2. The van der Waals surface area contributed by atoms with E-state index in [2.05, 4.69) is 9.97 Å². The number of nitrogens with zero attached hydrogens (tertiary/aromatic N) is 2. The van der Waals surface area contributed by atoms with Crippen molar-refractivity contribution in [3.8, 4) is 11.4 Å². The lowest BCUT2D eigenvalue weighted by Crippen LogP contribution is -2.42. The maximum Gasteiger partial charge on any atom is 0.338 e. The molecule has 4 saturated carbocycles. The Morgan fingerprint density at radius 2 is 1.90 bits per heavy atom. The van der Waals surface area contributed by atoms with Crippen LogP contribution >= 0.6 is 0 Å². The Morgan fingerprint density at radius 1 is 1.07 bits per heavy atom. The SMILES string of the molecule is O=C(OCC12C3CCC(CC31)C2(F)F)c1cc(-c2ccccn2)nc2ccccc12. The van der Waals surface area contributed by atoms with Crippen LogP contribution in [0.1, 0.15) is 29.6 Å². The van der Waals surface area contributed by atoms with E-state index in [0.29, 0.717) is 40.7 Å². The van der Waals surface area contributed by atoms with Crippen molar-refractivity contribution in [1.29, 1.82) is 0 Å². The molecule has 4 bridgehead atoms. The molecule has 152 valence electrons. The molecule has 4 aliphatic rings. The second-order valence-corrected chi connectivity index (χ2v) is 8.75. The first-order valence-corrected chi connectivity index (χ1v) is 10.4. The second-order valence-electron chi connectivity index (χ2n) is 8.75. The highest BCUT2D eigenvalue weighted by Crippen LogP contribution is 2.81. The molecule has 7 rings (SSSR count). The zero-order valence-electron chi connectivity index (χ0n) is 16.2. The third-order valence-corrected chi connectivity index (χ3v) is 7.50. The van der Waals surface area contributed by atoms with E-state index in [-0.39, 0.29) is 18.4 Å². The number of halogens is 2. The summed E-state index contributed by atoms with van der Waals surface area (Å²) in [5, 5.41) is 0.645. The number of rotatable bonds is 4. The minimum atomic E-state index is -2.74. The van der Waals surface area contributed by atoms with Gasteiger partial charge in [0.25, 0.3) is 5.92 Å². The van der Waals surface area contributed by atoms with Gasteiger partial charge in [-0.2, -0.15) is 0 Å². The number of ether oxygens (including phenoxy) is 1. The maximum absolute atomic E-state index is 14.9. The predicted molar refractivity (Wildman–Crippen MR) is 107 cm³/mol. The predicted octanol–water partition coefficient (Wildman–Crippen LogP) is 5.14. The molecule has 4 unspecified atom stereocenters. The number of fused-ring (bicyclic) bond motifs is 2. The minimum absolute atomic E-state index is 0.00249. The van der Waals surface area contributed by atoms with Gasteiger partial charge in [0.1, 0.15) is 6.61 Å². The van der Waals surface area contributed by atoms with Crippen LogP contribution in [0.25, 0.3) is 22.3 Å². The molecule has 30 heavy (non-hydrogen) atoms. The lowest BCUT2D eigenvalue weighted by molar-refractivity contribution is -0.142. The fourth-order valence-electron chi connectivity index (χ4n) is 6.01. The summed E-state index contributed by atoms with van der Waals surface area (Å²) >= 11 is 0. The van der Waals surface area contributed by atoms with Crippen molar-refractivity contribution in [3.63, 3.8) is 0 Å². The van der Waals surface area contributed by atoms with E-state index >= 15 is 0 Å². The Bertz CT molecular complexity index is 1160. The van der Waals surface area contributed by atoms with Crippen molar-refractivity contribution < 1.29 is 18.3 Å². The van der Waals surface area contributed by atoms with Crippen LogP contribution in [0.15, 0.2) is 54.7 Å². The molecule has 0 amide bonds. The Kier molecular flexibility index (Phi) is 3.62. The molecule has 4 fully saturated rings. The average molecular weight is 406 g/mol. The van der Waals surface area contributed by atoms with Crippen molar-refractivity contribution in [2.24, 2.45) is 23.2 Å². The summed E-state index contributed by atoms with van der Waals surface area (Å²) in [6.45, 7) is -0.208. The van der Waals surface area contributed by atoms with Crippen LogP contribution in [0.5, 0.6) is 0 Å². The zero-order chi connectivity index (χ0) is 20.5. The molecule has 1 aromatic carbocycles. The van der Waals surface area contributed by atoms with E-state index in [1.807, 2.05) is 30.3 Å². The van der Waals surface area contributed by atoms with Gasteiger partial charge in [-0.25, -0.2) is 18.6 Å². The number of hydrogen-bond donors (Lipinski definition) is 0. The van der Waals surface area contributed by atoms with Crippen LogP contribution in [0, 0.1) is 23.2 Å². The summed E-state index contributed by atoms with van der Waals surface area (Å²) in [5.41, 5.74) is 1.02. The third kappa shape index (κ3) is 2.27. The molecule has 2 heterocycles. The highest BCUT2D eigenvalue weighted by molar-refractivity contribution is 6.04. The van der Waals surface area contributed by atoms with Gasteiger partial charge < -0.3 is 4.74 Å². The molecule has 0 spiro atoms. The number of alkyl halides is 2. The number of carbonyl (C=O) groups excluding carboxylic acids is 1. The van der Waals surface area contributed by atoms with Crippen molar-refractivity contribution in [3.05, 3.63) is 60.3 Å². The number of pyridine rings is 2. The normalized spacial score (nSPS) is 30.3. The van der Waals surface area contributed by atoms with Crippen LogP contribution in [-0.4, -0.2) is 28.5 Å². The number of aromatic nitrogens is 2. The van der Waals surface area contributed by atoms with Crippen LogP contribution in [-0.2, 0) is 4.74 Å². The fraction of sp³-hybridized carbons (Fsp3) is 0.375. The van der Waals surface area contributed by atoms with Crippen molar-refractivity contribution in [1.82, 2.24) is 9.97 Å². The van der Waals surface area contributed by atoms with Gasteiger partial charge in [-0.3, -0.25) is 4.98 Å². The summed E-state index contributed by atoms with van der Waals surface area (Å²) in [6, 6.07) is 14.4. The van der Waals surface area contributed by atoms with Crippen molar-refractivity contribution in [2.75, 3.05) is 6.61 Å². The van der Waals surface area contributed by atoms with Gasteiger partial charge in [-0.1, -0.05) is 24.3 Å². The molecule has 4 atom stereocenters. The fourth-order valence-corrected chi connectivity index (χ4v) is 6.01. The largest absolute Gasteiger partial charge is 0.461 e. The monoisotopic (exact) mass is 406 g/mol. The maximum atomic E-state index is 14.9. The van der Waals surface area contributed by atoms with Crippen LogP contribution in [0.3, 0.4) is 0 Å². The average Bonchev–Trinajstić information content (AvgIpc) is 3.40. The van der Waals surface area contributed by atoms with Crippen molar-refractivity contribution >= 4 is 16.9 Å². The summed E-state index contributed by atoms with van der Waals surface area (Å²) in [5.74, 6) is -3.88. The quantitative estimate of drug-likeness (QED) is 0.564. The number of carbonyl (C=O) groups is 1. The smallest absolute Gasteiger partial charge is 0.338 e. The molecule has 0 N–H and O–H groups in total. The first kappa shape index (κ1) is 17.9. The van der Waals surface area contributed by atoms with Gasteiger partial charge in [0.05, 0.1) is 27.9 Å². The van der Waals surface area contributed by atoms with Gasteiger partial charge in [-0.15, -0.1) is 0 Å². The Labute approximate surface area is 172 Å². The highest BCUT2D eigenvalue weighted by Gasteiger charge is 2.85. The summed E-state index contributed by atoms with van der Waals surface area (Å²) in [4.78, 5) is 22.0. The lowest BCUT2D eigenvalue weighted by atomic mass is 9.78. The number of hydrogen-bond acceptors (Lipinski definition) is 4. The van der Waals surface area contributed by atoms with Gasteiger partial charge in [0.2, 0.25) is 0 Å². The van der Waals surface area contributed by atoms with Crippen LogP contribution in [0.4, 0.5) is 8.78 Å². The molecule has 0 radical (unpaired) electrons. The second kappa shape index (κ2) is 6.06. The standard InChI is InChI=1S/C24H20F2N2O2/c25-24(26)14-8-9-17-18(11-14)23(17,24)13-30-22(29)16-12-21(20-7-3-4-10-27-20)28-19-6-2-1-5-15(16)19/h1-7,10,12,14,17-18H,8-9,11,13H2. The minimum Gasteiger partial charge on any atom is -0.461 e. The molecule has 3 aromatic rings. The zero-order valence-corrected chi connectivity index (χ0v) is 16.2. The molecule has 4 aliphatic carbocycles. The molecule has 0 aliphatic heterocycles. The van der Waals surface area contributed by atoms with E-state index < -0.39 is 23.2 Å².